The van der Waals surface area contributed by atoms with Gasteiger partial charge in [-0.05, 0) is 58.7 Å². The minimum Gasteiger partial charge on any atom is -0.480 e. The molecule has 1 aromatic rings. The van der Waals surface area contributed by atoms with Gasteiger partial charge in [0.2, 0.25) is 0 Å². The van der Waals surface area contributed by atoms with Gasteiger partial charge in [-0.15, -0.1) is 0 Å². The zero-order valence-electron chi connectivity index (χ0n) is 23.4. The molecule has 4 unspecified atom stereocenters. The Morgan fingerprint density at radius 3 is 1.66 bits per heavy atom. The van der Waals surface area contributed by atoms with E-state index in [1.807, 2.05) is 0 Å². The van der Waals surface area contributed by atoms with Gasteiger partial charge >= 0.3 is 29.8 Å². The Bertz CT molecular complexity index is 1180. The largest absolute Gasteiger partial charge is 0.480 e. The molecule has 0 heterocycles. The first-order valence-corrected chi connectivity index (χ1v) is 13.2. The SMILES string of the molecule is C=C(CC)C(=O)c1ccc(OCC(=O)OC(C)C(=O)OC(C)C(=O)OC(C)C(=O)OC(C)C(=O)OCC)c(Cl)c1Cl. The molecule has 0 bridgehead atoms. The molecule has 1 aromatic carbocycles. The summed E-state index contributed by atoms with van der Waals surface area (Å²) >= 11 is 12.3. The summed E-state index contributed by atoms with van der Waals surface area (Å²) in [4.78, 5) is 72.6. The van der Waals surface area contributed by atoms with Crippen LogP contribution in [0.1, 0.15) is 58.3 Å². The first-order chi connectivity index (χ1) is 19.1. The van der Waals surface area contributed by atoms with Crippen LogP contribution in [0.25, 0.3) is 0 Å². The van der Waals surface area contributed by atoms with Gasteiger partial charge < -0.3 is 28.4 Å². The van der Waals surface area contributed by atoms with Crippen molar-refractivity contribution in [3.05, 3.63) is 39.9 Å². The third kappa shape index (κ3) is 10.7. The van der Waals surface area contributed by atoms with Gasteiger partial charge in [0.25, 0.3) is 0 Å². The Morgan fingerprint density at radius 1 is 0.732 bits per heavy atom. The molecule has 0 aliphatic rings. The molecule has 0 aromatic heterocycles. The lowest BCUT2D eigenvalue weighted by Gasteiger charge is -2.19. The summed E-state index contributed by atoms with van der Waals surface area (Å²) in [5.74, 6) is -5.35. The molecule has 0 saturated heterocycles. The smallest absolute Gasteiger partial charge is 0.347 e. The van der Waals surface area contributed by atoms with E-state index in [1.54, 1.807) is 13.8 Å². The van der Waals surface area contributed by atoms with E-state index >= 15 is 0 Å². The molecule has 41 heavy (non-hydrogen) atoms. The maximum absolute atomic E-state index is 12.3. The molecule has 14 heteroatoms. The van der Waals surface area contributed by atoms with Gasteiger partial charge in [0.05, 0.1) is 11.6 Å². The Labute approximate surface area is 247 Å². The van der Waals surface area contributed by atoms with Crippen molar-refractivity contribution in [1.82, 2.24) is 0 Å². The number of allylic oxidation sites excluding steroid dienone is 1. The minimum atomic E-state index is -1.48. The molecular weight excluding hydrogens is 587 g/mol. The van der Waals surface area contributed by atoms with Crippen LogP contribution in [0.5, 0.6) is 5.75 Å². The van der Waals surface area contributed by atoms with Gasteiger partial charge in [0.1, 0.15) is 10.8 Å². The number of ketones is 1. The molecule has 4 atom stereocenters. The highest BCUT2D eigenvalue weighted by Gasteiger charge is 2.30. The summed E-state index contributed by atoms with van der Waals surface area (Å²) in [6.07, 6.45) is -5.16. The zero-order valence-corrected chi connectivity index (χ0v) is 25.0. The van der Waals surface area contributed by atoms with E-state index in [-0.39, 0.29) is 33.7 Å². The number of ether oxygens (including phenoxy) is 6. The van der Waals surface area contributed by atoms with E-state index in [9.17, 15) is 28.8 Å². The Kier molecular flexibility index (Phi) is 14.3. The van der Waals surface area contributed by atoms with E-state index in [0.29, 0.717) is 12.0 Å². The van der Waals surface area contributed by atoms with Gasteiger partial charge in [-0.1, -0.05) is 36.7 Å². The highest BCUT2D eigenvalue weighted by Crippen LogP contribution is 2.35. The first-order valence-electron chi connectivity index (χ1n) is 12.4. The van der Waals surface area contributed by atoms with Crippen molar-refractivity contribution in [1.29, 1.82) is 0 Å². The molecule has 0 amide bonds. The van der Waals surface area contributed by atoms with Crippen LogP contribution in [0.4, 0.5) is 0 Å². The van der Waals surface area contributed by atoms with E-state index in [0.717, 1.165) is 0 Å². The van der Waals surface area contributed by atoms with Crippen molar-refractivity contribution in [3.8, 4) is 5.75 Å². The van der Waals surface area contributed by atoms with Crippen LogP contribution in [-0.2, 0) is 47.7 Å². The predicted octanol–water partition coefficient (Wildman–Crippen LogP) is 3.81. The van der Waals surface area contributed by atoms with Crippen molar-refractivity contribution >= 4 is 58.8 Å². The molecule has 1 rings (SSSR count). The highest BCUT2D eigenvalue weighted by molar-refractivity contribution is 6.45. The van der Waals surface area contributed by atoms with Crippen LogP contribution in [0, 0.1) is 0 Å². The molecule has 0 aliphatic heterocycles. The van der Waals surface area contributed by atoms with Crippen LogP contribution >= 0.6 is 23.2 Å². The van der Waals surface area contributed by atoms with Crippen molar-refractivity contribution < 1.29 is 57.2 Å². The van der Waals surface area contributed by atoms with Crippen molar-refractivity contribution in [2.24, 2.45) is 0 Å². The molecule has 0 N–H and O–H groups in total. The fourth-order valence-electron chi connectivity index (χ4n) is 2.80. The number of carbonyl (C=O) groups is 6. The number of halogens is 2. The molecule has 226 valence electrons. The van der Waals surface area contributed by atoms with E-state index in [1.165, 1.54) is 39.8 Å². The molecule has 0 spiro atoms. The van der Waals surface area contributed by atoms with Crippen LogP contribution in [0.2, 0.25) is 10.0 Å². The van der Waals surface area contributed by atoms with E-state index in [2.05, 4.69) is 6.58 Å². The maximum Gasteiger partial charge on any atom is 0.347 e. The average Bonchev–Trinajstić information content (AvgIpc) is 2.92. The van der Waals surface area contributed by atoms with Gasteiger partial charge in [-0.25, -0.2) is 24.0 Å². The second-order valence-corrected chi connectivity index (χ2v) is 9.19. The van der Waals surface area contributed by atoms with Gasteiger partial charge in [-0.3, -0.25) is 4.79 Å². The third-order valence-electron chi connectivity index (χ3n) is 5.19. The summed E-state index contributed by atoms with van der Waals surface area (Å²) in [6, 6.07) is 2.72. The Balaban J connectivity index is 2.60. The minimum absolute atomic E-state index is 0.0110. The predicted molar refractivity (Wildman–Crippen MR) is 145 cm³/mol. The first kappa shape index (κ1) is 35.4. The molecule has 0 fully saturated rings. The summed E-state index contributed by atoms with van der Waals surface area (Å²) in [5, 5.41) is -0.187. The Hall–Kier alpha value is -3.64. The fraction of sp³-hybridized carbons (Fsp3) is 0.481. The maximum atomic E-state index is 12.3. The summed E-state index contributed by atoms with van der Waals surface area (Å²) in [6.45, 7) is 11.3. The molecule has 0 aliphatic carbocycles. The number of carbonyl (C=O) groups excluding carboxylic acids is 6. The second kappa shape index (κ2) is 16.6. The second-order valence-electron chi connectivity index (χ2n) is 8.44. The van der Waals surface area contributed by atoms with Crippen LogP contribution in [-0.4, -0.2) is 73.3 Å². The number of rotatable bonds is 15. The quantitative estimate of drug-likeness (QED) is 0.121. The van der Waals surface area contributed by atoms with Gasteiger partial charge in [-0.2, -0.15) is 0 Å². The monoisotopic (exact) mass is 618 g/mol. The average molecular weight is 619 g/mol. The number of hydrogen-bond acceptors (Lipinski definition) is 12. The lowest BCUT2D eigenvalue weighted by atomic mass is 10.0. The number of Topliss-reactive ketones (excluding diaryl/α,β-unsaturated/α-hetero) is 1. The molecule has 0 saturated carbocycles. The lowest BCUT2D eigenvalue weighted by Crippen LogP contribution is -2.37. The van der Waals surface area contributed by atoms with Gasteiger partial charge in [0.15, 0.2) is 36.8 Å². The topological polar surface area (TPSA) is 158 Å². The van der Waals surface area contributed by atoms with Crippen LogP contribution < -0.4 is 4.74 Å². The normalized spacial score (nSPS) is 13.5. The summed E-state index contributed by atoms with van der Waals surface area (Å²) in [7, 11) is 0. The number of hydrogen-bond donors (Lipinski definition) is 0. The van der Waals surface area contributed by atoms with Crippen molar-refractivity contribution in [2.75, 3.05) is 13.2 Å². The van der Waals surface area contributed by atoms with Crippen LogP contribution in [0.15, 0.2) is 24.3 Å². The van der Waals surface area contributed by atoms with Crippen molar-refractivity contribution in [2.45, 2.75) is 72.4 Å². The van der Waals surface area contributed by atoms with Crippen LogP contribution in [0.3, 0.4) is 0 Å². The standard InChI is InChI=1S/C27H32Cl2O12/c1-8-13(3)23(31)18-10-11-19(22(29)21(18)28)37-12-20(30)38-15(5)25(33)40-17(7)27(35)41-16(6)26(34)39-14(4)24(32)36-9-2/h10-11,14-17H,3,8-9,12H2,1-2,4-7H3. The summed E-state index contributed by atoms with van der Waals surface area (Å²) in [5.41, 5.74) is 0.460. The summed E-state index contributed by atoms with van der Waals surface area (Å²) < 4.78 is 29.7. The molecule has 12 nitrogen and oxygen atoms in total. The number of benzene rings is 1. The lowest BCUT2D eigenvalue weighted by molar-refractivity contribution is -0.185. The molecular formula is C27H32Cl2O12. The Morgan fingerprint density at radius 2 is 1.20 bits per heavy atom. The van der Waals surface area contributed by atoms with E-state index in [4.69, 9.17) is 51.6 Å². The van der Waals surface area contributed by atoms with Gasteiger partial charge in [0, 0.05) is 5.56 Å². The number of esters is 5. The highest BCUT2D eigenvalue weighted by atomic mass is 35.5. The van der Waals surface area contributed by atoms with Crippen molar-refractivity contribution in [3.63, 3.8) is 0 Å². The fourth-order valence-corrected chi connectivity index (χ4v) is 3.26. The zero-order chi connectivity index (χ0) is 31.4. The molecule has 0 radical (unpaired) electrons. The van der Waals surface area contributed by atoms with E-state index < -0.39 is 60.9 Å². The third-order valence-corrected chi connectivity index (χ3v) is 6.05.